The summed E-state index contributed by atoms with van der Waals surface area (Å²) in [7, 11) is 0. The number of thiocarbonyl (C=S) groups is 1. The van der Waals surface area contributed by atoms with Gasteiger partial charge in [0.25, 0.3) is 11.8 Å². The minimum Gasteiger partial charge on any atom is -0.456 e. The van der Waals surface area contributed by atoms with Crippen LogP contribution in [0.5, 0.6) is 11.5 Å². The van der Waals surface area contributed by atoms with E-state index in [-0.39, 0.29) is 16.9 Å². The standard InChI is InChI=1S/C38H41N5O3S/c1-5-41(6-2)27-18-20-31-33(24-27)46-34-25-28(42(7-3)8-4)19-21-32(34)38(31)30-17-13-12-16-29(30)36(45)43(38)23-22-39-37(47)40-35(44)26-14-10-9-11-15-26/h9-21,24-25H,5-8,22-23H2,1-4H3,(H2,39,40,44,47). The van der Waals surface area contributed by atoms with Crippen LogP contribution in [0.1, 0.15) is 65.1 Å². The first-order valence-electron chi connectivity index (χ1n) is 16.4. The Hall–Kier alpha value is -4.89. The molecule has 2 amide bonds. The van der Waals surface area contributed by atoms with Crippen molar-refractivity contribution in [3.05, 3.63) is 119 Å². The Morgan fingerprint density at radius 3 is 1.89 bits per heavy atom. The number of benzene rings is 4. The predicted molar refractivity (Wildman–Crippen MR) is 192 cm³/mol. The molecule has 0 bridgehead atoms. The van der Waals surface area contributed by atoms with Crippen LogP contribution in [0, 0.1) is 0 Å². The number of nitrogens with zero attached hydrogens (tertiary/aromatic N) is 3. The highest BCUT2D eigenvalue weighted by Crippen LogP contribution is 2.58. The van der Waals surface area contributed by atoms with E-state index in [9.17, 15) is 9.59 Å². The van der Waals surface area contributed by atoms with Crippen molar-refractivity contribution >= 4 is 40.5 Å². The molecule has 4 aromatic rings. The van der Waals surface area contributed by atoms with E-state index in [1.54, 1.807) is 24.3 Å². The largest absolute Gasteiger partial charge is 0.456 e. The summed E-state index contributed by atoms with van der Waals surface area (Å²) >= 11 is 5.49. The molecular weight excluding hydrogens is 607 g/mol. The molecule has 6 rings (SSSR count). The first-order valence-corrected chi connectivity index (χ1v) is 16.8. The quantitative estimate of drug-likeness (QED) is 0.190. The van der Waals surface area contributed by atoms with Crippen LogP contribution in [0.2, 0.25) is 0 Å². The Balaban J connectivity index is 1.43. The highest BCUT2D eigenvalue weighted by molar-refractivity contribution is 7.80. The molecule has 8 nitrogen and oxygen atoms in total. The molecule has 2 aliphatic rings. The van der Waals surface area contributed by atoms with Gasteiger partial charge >= 0.3 is 0 Å². The maximum atomic E-state index is 14.4. The first-order chi connectivity index (χ1) is 22.9. The van der Waals surface area contributed by atoms with E-state index in [4.69, 9.17) is 17.0 Å². The number of amides is 2. The number of rotatable bonds is 10. The van der Waals surface area contributed by atoms with Crippen molar-refractivity contribution in [2.75, 3.05) is 49.1 Å². The summed E-state index contributed by atoms with van der Waals surface area (Å²) in [5, 5.41) is 6.13. The van der Waals surface area contributed by atoms with E-state index in [1.165, 1.54) is 0 Å². The fraction of sp³-hybridized carbons (Fsp3) is 0.289. The van der Waals surface area contributed by atoms with Crippen LogP contribution in [0.3, 0.4) is 0 Å². The van der Waals surface area contributed by atoms with Crippen molar-refractivity contribution in [2.45, 2.75) is 33.2 Å². The van der Waals surface area contributed by atoms with E-state index in [0.29, 0.717) is 24.2 Å². The molecule has 0 fully saturated rings. The number of nitrogens with one attached hydrogen (secondary N) is 2. The smallest absolute Gasteiger partial charge is 0.257 e. The van der Waals surface area contributed by atoms with Gasteiger partial charge in [0.1, 0.15) is 17.0 Å². The van der Waals surface area contributed by atoms with E-state index >= 15 is 0 Å². The Morgan fingerprint density at radius 1 is 0.766 bits per heavy atom. The number of hydrogen-bond donors (Lipinski definition) is 2. The minimum absolute atomic E-state index is 0.0684. The minimum atomic E-state index is -0.934. The molecule has 2 N–H and O–H groups in total. The normalized spacial score (nSPS) is 13.7. The molecular formula is C38H41N5O3S. The molecule has 2 heterocycles. The molecule has 0 saturated heterocycles. The average molecular weight is 648 g/mol. The van der Waals surface area contributed by atoms with Crippen molar-refractivity contribution in [3.63, 3.8) is 0 Å². The molecule has 9 heteroatoms. The predicted octanol–water partition coefficient (Wildman–Crippen LogP) is 6.54. The summed E-state index contributed by atoms with van der Waals surface area (Å²) < 4.78 is 6.78. The fourth-order valence-electron chi connectivity index (χ4n) is 6.99. The summed E-state index contributed by atoms with van der Waals surface area (Å²) in [6.45, 7) is 12.7. The van der Waals surface area contributed by atoms with Gasteiger partial charge in [-0.25, -0.2) is 0 Å². The van der Waals surface area contributed by atoms with Crippen molar-refractivity contribution in [1.29, 1.82) is 0 Å². The van der Waals surface area contributed by atoms with Crippen molar-refractivity contribution < 1.29 is 14.3 Å². The molecule has 0 aromatic heterocycles. The lowest BCUT2D eigenvalue weighted by molar-refractivity contribution is 0.0670. The molecule has 1 spiro atoms. The second-order valence-electron chi connectivity index (χ2n) is 11.6. The molecule has 0 aliphatic carbocycles. The number of hydrogen-bond acceptors (Lipinski definition) is 6. The van der Waals surface area contributed by atoms with Crippen LogP contribution in [0.25, 0.3) is 0 Å². The van der Waals surface area contributed by atoms with E-state index < -0.39 is 5.54 Å². The summed E-state index contributed by atoms with van der Waals surface area (Å²) in [5.74, 6) is 1.10. The van der Waals surface area contributed by atoms with E-state index in [0.717, 1.165) is 65.7 Å². The van der Waals surface area contributed by atoms with Crippen LogP contribution >= 0.6 is 12.2 Å². The second-order valence-corrected chi connectivity index (χ2v) is 12.0. The molecule has 0 atom stereocenters. The van der Waals surface area contributed by atoms with E-state index in [1.807, 2.05) is 29.2 Å². The van der Waals surface area contributed by atoms with Gasteiger partial charge in [0.2, 0.25) is 0 Å². The lowest BCUT2D eigenvalue weighted by atomic mass is 9.74. The third kappa shape index (κ3) is 5.58. The average Bonchev–Trinajstić information content (AvgIpc) is 3.34. The molecule has 4 aromatic carbocycles. The Bertz CT molecular complexity index is 1740. The highest BCUT2D eigenvalue weighted by atomic mass is 32.1. The van der Waals surface area contributed by atoms with Crippen LogP contribution in [0.15, 0.2) is 91.0 Å². The van der Waals surface area contributed by atoms with Crippen molar-refractivity contribution in [2.24, 2.45) is 0 Å². The van der Waals surface area contributed by atoms with Gasteiger partial charge in [-0.2, -0.15) is 0 Å². The molecule has 0 saturated carbocycles. The van der Waals surface area contributed by atoms with Crippen LogP contribution in [-0.4, -0.2) is 61.1 Å². The van der Waals surface area contributed by atoms with Crippen LogP contribution in [0.4, 0.5) is 11.4 Å². The SMILES string of the molecule is CCN(CC)c1ccc2c(c1)Oc1cc(N(CC)CC)ccc1C21c2ccccc2C(=O)N1CCNC(=S)NC(=O)c1ccccc1. The Kier molecular flexibility index (Phi) is 9.18. The third-order valence-electron chi connectivity index (χ3n) is 9.27. The van der Waals surface area contributed by atoms with Gasteiger partial charge in [-0.3, -0.25) is 14.9 Å². The monoisotopic (exact) mass is 647 g/mol. The van der Waals surface area contributed by atoms with Gasteiger partial charge < -0.3 is 24.8 Å². The Labute approximate surface area is 282 Å². The number of anilines is 2. The maximum absolute atomic E-state index is 14.4. The summed E-state index contributed by atoms with van der Waals surface area (Å²) in [4.78, 5) is 33.6. The number of carbonyl (C=O) groups is 2. The van der Waals surface area contributed by atoms with Gasteiger partial charge in [0.15, 0.2) is 5.11 Å². The molecule has 0 radical (unpaired) electrons. The summed E-state index contributed by atoms with van der Waals surface area (Å²) in [6.07, 6.45) is 0. The third-order valence-corrected chi connectivity index (χ3v) is 9.51. The summed E-state index contributed by atoms with van der Waals surface area (Å²) in [5.41, 5.74) is 5.12. The number of carbonyl (C=O) groups excluding carboxylic acids is 2. The van der Waals surface area contributed by atoms with Crippen LogP contribution < -0.4 is 25.2 Å². The maximum Gasteiger partial charge on any atom is 0.257 e. The van der Waals surface area contributed by atoms with Crippen molar-refractivity contribution in [1.82, 2.24) is 15.5 Å². The second kappa shape index (κ2) is 13.5. The zero-order valence-corrected chi connectivity index (χ0v) is 28.2. The first kappa shape index (κ1) is 32.1. The zero-order chi connectivity index (χ0) is 33.1. The van der Waals surface area contributed by atoms with Gasteiger partial charge in [0, 0.05) is 85.0 Å². The van der Waals surface area contributed by atoms with E-state index in [2.05, 4.69) is 90.6 Å². The summed E-state index contributed by atoms with van der Waals surface area (Å²) in [6, 6.07) is 29.5. The van der Waals surface area contributed by atoms with Gasteiger partial charge in [-0.1, -0.05) is 48.5 Å². The molecule has 47 heavy (non-hydrogen) atoms. The zero-order valence-electron chi connectivity index (χ0n) is 27.4. The lowest BCUT2D eigenvalue weighted by Gasteiger charge is -2.45. The lowest BCUT2D eigenvalue weighted by Crippen LogP contribution is -2.51. The number of ether oxygens (including phenoxy) is 1. The van der Waals surface area contributed by atoms with Crippen molar-refractivity contribution in [3.8, 4) is 11.5 Å². The molecule has 242 valence electrons. The highest BCUT2D eigenvalue weighted by Gasteiger charge is 2.56. The van der Waals surface area contributed by atoms with Crippen LogP contribution in [-0.2, 0) is 5.54 Å². The topological polar surface area (TPSA) is 77.2 Å². The molecule has 0 unspecified atom stereocenters. The number of fused-ring (bicyclic) bond motifs is 6. The van der Waals surface area contributed by atoms with Gasteiger partial charge in [-0.15, -0.1) is 0 Å². The molecule has 2 aliphatic heterocycles. The van der Waals surface area contributed by atoms with Gasteiger partial charge in [-0.05, 0) is 75.8 Å². The Morgan fingerprint density at radius 2 is 1.32 bits per heavy atom. The van der Waals surface area contributed by atoms with Gasteiger partial charge in [0.05, 0.1) is 0 Å². The fourth-order valence-corrected chi connectivity index (χ4v) is 7.19.